The Morgan fingerprint density at radius 3 is 3.05 bits per heavy atom. The molecule has 1 aromatic heterocycles. The highest BCUT2D eigenvalue weighted by atomic mass is 15.3. The van der Waals surface area contributed by atoms with Crippen LogP contribution in [-0.2, 0) is 12.8 Å². The molecule has 0 saturated heterocycles. The minimum atomic E-state index is 0.403. The first kappa shape index (κ1) is 13.4. The van der Waals surface area contributed by atoms with E-state index in [0.29, 0.717) is 12.1 Å². The molecule has 0 bridgehead atoms. The van der Waals surface area contributed by atoms with Gasteiger partial charge in [-0.05, 0) is 43.5 Å². The lowest BCUT2D eigenvalue weighted by molar-refractivity contribution is 0.461. The molecule has 106 valence electrons. The van der Waals surface area contributed by atoms with Crippen LogP contribution in [0.3, 0.4) is 0 Å². The van der Waals surface area contributed by atoms with Gasteiger partial charge >= 0.3 is 0 Å². The largest absolute Gasteiger partial charge is 0.309 e. The summed E-state index contributed by atoms with van der Waals surface area (Å²) in [4.78, 5) is 0. The van der Waals surface area contributed by atoms with Gasteiger partial charge in [0.1, 0.15) is 0 Å². The van der Waals surface area contributed by atoms with E-state index in [1.54, 1.807) is 0 Å². The SMILES string of the molecule is CCC(C)n1ccc(CC2NCCc3ccccc32)n1. The predicted molar refractivity (Wildman–Crippen MR) is 81.8 cm³/mol. The molecular weight excluding hydrogens is 246 g/mol. The Balaban J connectivity index is 1.77. The van der Waals surface area contributed by atoms with Crippen LogP contribution in [0.15, 0.2) is 36.5 Å². The molecular formula is C17H23N3. The van der Waals surface area contributed by atoms with Crippen molar-refractivity contribution in [2.75, 3.05) is 6.54 Å². The number of nitrogens with one attached hydrogen (secondary N) is 1. The topological polar surface area (TPSA) is 29.9 Å². The highest BCUT2D eigenvalue weighted by molar-refractivity contribution is 5.33. The van der Waals surface area contributed by atoms with Crippen LogP contribution < -0.4 is 5.32 Å². The normalized spacial score (nSPS) is 19.6. The Morgan fingerprint density at radius 1 is 1.35 bits per heavy atom. The standard InChI is InChI=1S/C17H23N3/c1-3-13(2)20-11-9-15(19-20)12-17-16-7-5-4-6-14(16)8-10-18-17/h4-7,9,11,13,17-18H,3,8,10,12H2,1-2H3. The van der Waals surface area contributed by atoms with Gasteiger partial charge in [-0.3, -0.25) is 4.68 Å². The zero-order valence-corrected chi connectivity index (χ0v) is 12.3. The van der Waals surface area contributed by atoms with Crippen molar-refractivity contribution in [1.29, 1.82) is 0 Å². The third-order valence-corrected chi connectivity index (χ3v) is 4.33. The molecule has 3 rings (SSSR count). The first-order valence-electron chi connectivity index (χ1n) is 7.63. The first-order chi connectivity index (χ1) is 9.78. The van der Waals surface area contributed by atoms with E-state index in [9.17, 15) is 0 Å². The highest BCUT2D eigenvalue weighted by Crippen LogP contribution is 2.25. The van der Waals surface area contributed by atoms with Crippen molar-refractivity contribution in [2.24, 2.45) is 0 Å². The van der Waals surface area contributed by atoms with E-state index in [1.165, 1.54) is 16.8 Å². The minimum absolute atomic E-state index is 0.403. The molecule has 0 fully saturated rings. The molecule has 2 heterocycles. The summed E-state index contributed by atoms with van der Waals surface area (Å²) in [6.07, 6.45) is 5.33. The third kappa shape index (κ3) is 2.63. The fraction of sp³-hybridized carbons (Fsp3) is 0.471. The van der Waals surface area contributed by atoms with Crippen LogP contribution in [0.4, 0.5) is 0 Å². The van der Waals surface area contributed by atoms with Gasteiger partial charge in [-0.25, -0.2) is 0 Å². The van der Waals surface area contributed by atoms with Gasteiger partial charge in [0.15, 0.2) is 0 Å². The molecule has 1 N–H and O–H groups in total. The molecule has 0 aliphatic carbocycles. The molecule has 0 saturated carbocycles. The fourth-order valence-electron chi connectivity index (χ4n) is 2.90. The van der Waals surface area contributed by atoms with Crippen molar-refractivity contribution in [3.63, 3.8) is 0 Å². The molecule has 3 nitrogen and oxygen atoms in total. The Labute approximate surface area is 121 Å². The summed E-state index contributed by atoms with van der Waals surface area (Å²) >= 11 is 0. The summed E-state index contributed by atoms with van der Waals surface area (Å²) in [5, 5.41) is 8.35. The van der Waals surface area contributed by atoms with Gasteiger partial charge in [-0.2, -0.15) is 5.10 Å². The van der Waals surface area contributed by atoms with Crippen LogP contribution in [0.5, 0.6) is 0 Å². The van der Waals surface area contributed by atoms with Gasteiger partial charge in [-0.15, -0.1) is 0 Å². The van der Waals surface area contributed by atoms with Crippen LogP contribution in [0.25, 0.3) is 0 Å². The molecule has 0 amide bonds. The van der Waals surface area contributed by atoms with Crippen LogP contribution >= 0.6 is 0 Å². The molecule has 1 aromatic carbocycles. The maximum absolute atomic E-state index is 4.72. The van der Waals surface area contributed by atoms with Gasteiger partial charge in [0.05, 0.1) is 5.69 Å². The van der Waals surface area contributed by atoms with E-state index >= 15 is 0 Å². The quantitative estimate of drug-likeness (QED) is 0.923. The molecule has 2 atom stereocenters. The van der Waals surface area contributed by atoms with Gasteiger partial charge < -0.3 is 5.32 Å². The highest BCUT2D eigenvalue weighted by Gasteiger charge is 2.20. The van der Waals surface area contributed by atoms with E-state index < -0.39 is 0 Å². The molecule has 20 heavy (non-hydrogen) atoms. The molecule has 2 unspecified atom stereocenters. The van der Waals surface area contributed by atoms with E-state index in [0.717, 1.165) is 25.8 Å². The van der Waals surface area contributed by atoms with Crippen LogP contribution in [-0.4, -0.2) is 16.3 Å². The summed E-state index contributed by atoms with van der Waals surface area (Å²) in [7, 11) is 0. The smallest absolute Gasteiger partial charge is 0.0643 e. The van der Waals surface area contributed by atoms with Crippen molar-refractivity contribution in [1.82, 2.24) is 15.1 Å². The lowest BCUT2D eigenvalue weighted by atomic mass is 9.92. The van der Waals surface area contributed by atoms with Gasteiger partial charge in [0, 0.05) is 24.7 Å². The number of aromatic nitrogens is 2. The Morgan fingerprint density at radius 2 is 2.20 bits per heavy atom. The number of hydrogen-bond acceptors (Lipinski definition) is 2. The van der Waals surface area contributed by atoms with E-state index in [4.69, 9.17) is 5.10 Å². The summed E-state index contributed by atoms with van der Waals surface area (Å²) in [5.41, 5.74) is 4.11. The summed E-state index contributed by atoms with van der Waals surface area (Å²) in [5.74, 6) is 0. The van der Waals surface area contributed by atoms with Crippen molar-refractivity contribution in [3.05, 3.63) is 53.3 Å². The summed E-state index contributed by atoms with van der Waals surface area (Å²) in [6, 6.07) is 11.8. The van der Waals surface area contributed by atoms with Crippen LogP contribution in [0.2, 0.25) is 0 Å². The van der Waals surface area contributed by atoms with E-state index in [1.807, 2.05) is 0 Å². The predicted octanol–water partition coefficient (Wildman–Crippen LogP) is 3.28. The first-order valence-corrected chi connectivity index (χ1v) is 7.63. The number of rotatable bonds is 4. The van der Waals surface area contributed by atoms with E-state index in [2.05, 4.69) is 60.4 Å². The van der Waals surface area contributed by atoms with Crippen molar-refractivity contribution >= 4 is 0 Å². The molecule has 3 heteroatoms. The summed E-state index contributed by atoms with van der Waals surface area (Å²) < 4.78 is 2.09. The van der Waals surface area contributed by atoms with Crippen molar-refractivity contribution in [3.8, 4) is 0 Å². The zero-order valence-electron chi connectivity index (χ0n) is 12.3. The average Bonchev–Trinajstić information content (AvgIpc) is 2.95. The number of fused-ring (bicyclic) bond motifs is 1. The number of nitrogens with zero attached hydrogens (tertiary/aromatic N) is 2. The maximum Gasteiger partial charge on any atom is 0.0643 e. The maximum atomic E-state index is 4.72. The summed E-state index contributed by atoms with van der Waals surface area (Å²) in [6.45, 7) is 5.48. The third-order valence-electron chi connectivity index (χ3n) is 4.33. The molecule has 0 radical (unpaired) electrons. The van der Waals surface area contributed by atoms with Gasteiger partial charge in [-0.1, -0.05) is 31.2 Å². The Bertz CT molecular complexity index is 573. The van der Waals surface area contributed by atoms with Crippen molar-refractivity contribution in [2.45, 2.75) is 45.2 Å². The van der Waals surface area contributed by atoms with Gasteiger partial charge in [0.2, 0.25) is 0 Å². The molecule has 0 spiro atoms. The molecule has 1 aliphatic heterocycles. The number of hydrogen-bond donors (Lipinski definition) is 1. The monoisotopic (exact) mass is 269 g/mol. The Hall–Kier alpha value is -1.61. The average molecular weight is 269 g/mol. The van der Waals surface area contributed by atoms with Crippen LogP contribution in [0, 0.1) is 0 Å². The minimum Gasteiger partial charge on any atom is -0.309 e. The fourth-order valence-corrected chi connectivity index (χ4v) is 2.90. The second-order valence-corrected chi connectivity index (χ2v) is 5.70. The zero-order chi connectivity index (χ0) is 13.9. The second-order valence-electron chi connectivity index (χ2n) is 5.70. The molecule has 2 aromatic rings. The molecule has 1 aliphatic rings. The number of benzene rings is 1. The van der Waals surface area contributed by atoms with Gasteiger partial charge in [0.25, 0.3) is 0 Å². The Kier molecular flexibility index (Phi) is 3.88. The van der Waals surface area contributed by atoms with Crippen LogP contribution in [0.1, 0.15) is 49.2 Å². The van der Waals surface area contributed by atoms with E-state index in [-0.39, 0.29) is 0 Å². The lowest BCUT2D eigenvalue weighted by Crippen LogP contribution is -2.31. The lowest BCUT2D eigenvalue weighted by Gasteiger charge is -2.26. The van der Waals surface area contributed by atoms with Crippen molar-refractivity contribution < 1.29 is 0 Å². The second kappa shape index (κ2) is 5.80.